The fourth-order valence-corrected chi connectivity index (χ4v) is 2.87. The van der Waals surface area contributed by atoms with Gasteiger partial charge in [-0.25, -0.2) is 4.39 Å². The van der Waals surface area contributed by atoms with Gasteiger partial charge in [0.2, 0.25) is 0 Å². The van der Waals surface area contributed by atoms with Gasteiger partial charge in [-0.1, -0.05) is 30.5 Å². The van der Waals surface area contributed by atoms with Crippen LogP contribution in [0.15, 0.2) is 12.1 Å². The van der Waals surface area contributed by atoms with Crippen molar-refractivity contribution in [3.05, 3.63) is 34.1 Å². The maximum absolute atomic E-state index is 13.4. The van der Waals surface area contributed by atoms with Crippen molar-refractivity contribution in [3.8, 4) is 0 Å². The minimum atomic E-state index is -0.873. The van der Waals surface area contributed by atoms with Crippen LogP contribution in [0.3, 0.4) is 0 Å². The first-order chi connectivity index (χ1) is 7.97. The van der Waals surface area contributed by atoms with Crippen molar-refractivity contribution in [3.63, 3.8) is 0 Å². The van der Waals surface area contributed by atoms with Crippen LogP contribution in [0.1, 0.15) is 36.8 Å². The fourth-order valence-electron chi connectivity index (χ4n) is 2.61. The van der Waals surface area contributed by atoms with Gasteiger partial charge in [0, 0.05) is 0 Å². The lowest BCUT2D eigenvalue weighted by molar-refractivity contribution is -0.143. The molecule has 1 aliphatic rings. The summed E-state index contributed by atoms with van der Waals surface area (Å²) in [6.45, 7) is 1.61. The molecule has 92 valence electrons. The smallest absolute Gasteiger partial charge is 0.314 e. The molecule has 0 amide bonds. The molecule has 1 saturated carbocycles. The zero-order valence-corrected chi connectivity index (χ0v) is 10.4. The Balaban J connectivity index is 2.55. The quantitative estimate of drug-likeness (QED) is 0.876. The molecule has 0 spiro atoms. The average Bonchev–Trinajstić information content (AvgIpc) is 2.75. The van der Waals surface area contributed by atoms with Crippen molar-refractivity contribution in [2.45, 2.75) is 38.0 Å². The molecule has 1 N–H and O–H groups in total. The molecule has 17 heavy (non-hydrogen) atoms. The number of hydrogen-bond acceptors (Lipinski definition) is 1. The van der Waals surface area contributed by atoms with E-state index in [4.69, 9.17) is 11.6 Å². The van der Waals surface area contributed by atoms with Crippen LogP contribution < -0.4 is 0 Å². The summed E-state index contributed by atoms with van der Waals surface area (Å²) in [4.78, 5) is 11.5. The number of carboxylic acids is 1. The molecule has 0 unspecified atom stereocenters. The molecular formula is C13H14ClFO2. The lowest BCUT2D eigenvalue weighted by atomic mass is 9.78. The maximum atomic E-state index is 13.4. The van der Waals surface area contributed by atoms with Crippen molar-refractivity contribution in [2.24, 2.45) is 0 Å². The number of carbonyl (C=O) groups is 1. The molecule has 0 heterocycles. The van der Waals surface area contributed by atoms with Gasteiger partial charge in [0.1, 0.15) is 5.82 Å². The Morgan fingerprint density at radius 2 is 2.00 bits per heavy atom. The van der Waals surface area contributed by atoms with Crippen LogP contribution in [0.2, 0.25) is 5.02 Å². The SMILES string of the molecule is Cc1cc(C2(C(=O)O)CCCC2)cc(Cl)c1F. The minimum Gasteiger partial charge on any atom is -0.481 e. The zero-order chi connectivity index (χ0) is 12.6. The van der Waals surface area contributed by atoms with Crippen LogP contribution >= 0.6 is 11.6 Å². The second-order valence-electron chi connectivity index (χ2n) is 4.68. The molecule has 0 bridgehead atoms. The van der Waals surface area contributed by atoms with Crippen LogP contribution in [0.25, 0.3) is 0 Å². The van der Waals surface area contributed by atoms with Crippen molar-refractivity contribution in [1.82, 2.24) is 0 Å². The van der Waals surface area contributed by atoms with Gasteiger partial charge < -0.3 is 5.11 Å². The van der Waals surface area contributed by atoms with E-state index in [1.165, 1.54) is 6.07 Å². The zero-order valence-electron chi connectivity index (χ0n) is 9.59. The molecule has 0 atom stereocenters. The van der Waals surface area contributed by atoms with Crippen molar-refractivity contribution >= 4 is 17.6 Å². The Labute approximate surface area is 104 Å². The molecule has 1 aromatic rings. The van der Waals surface area contributed by atoms with E-state index < -0.39 is 17.2 Å². The van der Waals surface area contributed by atoms with Crippen LogP contribution in [0.5, 0.6) is 0 Å². The largest absolute Gasteiger partial charge is 0.481 e. The number of aliphatic carboxylic acids is 1. The third-order valence-corrected chi connectivity index (χ3v) is 3.90. The summed E-state index contributed by atoms with van der Waals surface area (Å²) in [5, 5.41) is 9.44. The second kappa shape index (κ2) is 4.30. The topological polar surface area (TPSA) is 37.3 Å². The van der Waals surface area contributed by atoms with Crippen LogP contribution in [-0.2, 0) is 10.2 Å². The van der Waals surface area contributed by atoms with E-state index in [0.29, 0.717) is 24.0 Å². The van der Waals surface area contributed by atoms with E-state index in [0.717, 1.165) is 12.8 Å². The number of carboxylic acid groups (broad SMARTS) is 1. The van der Waals surface area contributed by atoms with E-state index in [1.807, 2.05) is 0 Å². The monoisotopic (exact) mass is 256 g/mol. The lowest BCUT2D eigenvalue weighted by Crippen LogP contribution is -2.32. The molecular weight excluding hydrogens is 243 g/mol. The summed E-state index contributed by atoms with van der Waals surface area (Å²) < 4.78 is 13.4. The lowest BCUT2D eigenvalue weighted by Gasteiger charge is -2.25. The van der Waals surface area contributed by atoms with Gasteiger partial charge in [0.25, 0.3) is 0 Å². The van der Waals surface area contributed by atoms with Gasteiger partial charge in [-0.15, -0.1) is 0 Å². The van der Waals surface area contributed by atoms with Crippen molar-refractivity contribution < 1.29 is 14.3 Å². The molecule has 1 aliphatic carbocycles. The standard InChI is InChI=1S/C13H14ClFO2/c1-8-6-9(7-10(14)11(8)15)13(12(16)17)4-2-3-5-13/h6-7H,2-5H2,1H3,(H,16,17). The predicted octanol–water partition coefficient (Wildman–Crippen LogP) is 3.68. The summed E-state index contributed by atoms with van der Waals surface area (Å²) in [6.07, 6.45) is 2.98. The highest BCUT2D eigenvalue weighted by molar-refractivity contribution is 6.30. The Kier molecular flexibility index (Phi) is 3.13. The van der Waals surface area contributed by atoms with E-state index in [2.05, 4.69) is 0 Å². The van der Waals surface area contributed by atoms with E-state index >= 15 is 0 Å². The van der Waals surface area contributed by atoms with Crippen molar-refractivity contribution in [1.29, 1.82) is 0 Å². The van der Waals surface area contributed by atoms with Crippen LogP contribution in [-0.4, -0.2) is 11.1 Å². The predicted molar refractivity (Wildman–Crippen MR) is 63.9 cm³/mol. The highest BCUT2D eigenvalue weighted by Crippen LogP contribution is 2.42. The third-order valence-electron chi connectivity index (χ3n) is 3.63. The van der Waals surface area contributed by atoms with Gasteiger partial charge in [-0.05, 0) is 37.0 Å². The number of hydrogen-bond donors (Lipinski definition) is 1. The first kappa shape index (κ1) is 12.4. The molecule has 1 fully saturated rings. The summed E-state index contributed by atoms with van der Waals surface area (Å²) in [6, 6.07) is 3.07. The summed E-state index contributed by atoms with van der Waals surface area (Å²) in [5.74, 6) is -1.30. The van der Waals surface area contributed by atoms with E-state index in [9.17, 15) is 14.3 Å². The molecule has 0 aromatic heterocycles. The maximum Gasteiger partial charge on any atom is 0.314 e. The molecule has 0 saturated heterocycles. The molecule has 1 aromatic carbocycles. The minimum absolute atomic E-state index is 0.00697. The van der Waals surface area contributed by atoms with Crippen molar-refractivity contribution in [2.75, 3.05) is 0 Å². The Morgan fingerprint density at radius 3 is 2.47 bits per heavy atom. The van der Waals surface area contributed by atoms with Crippen LogP contribution in [0.4, 0.5) is 4.39 Å². The molecule has 0 aliphatic heterocycles. The summed E-state index contributed by atoms with van der Waals surface area (Å²) >= 11 is 5.80. The Bertz CT molecular complexity index is 441. The Morgan fingerprint density at radius 1 is 1.41 bits per heavy atom. The molecule has 0 radical (unpaired) electrons. The summed E-state index contributed by atoms with van der Waals surface area (Å²) in [5.41, 5.74) is 0.161. The normalized spacial score (nSPS) is 18.3. The second-order valence-corrected chi connectivity index (χ2v) is 5.09. The number of halogens is 2. The van der Waals surface area contributed by atoms with Gasteiger partial charge in [-0.3, -0.25) is 4.79 Å². The average molecular weight is 257 g/mol. The Hall–Kier alpha value is -1.09. The molecule has 4 heteroatoms. The van der Waals surface area contributed by atoms with Gasteiger partial charge in [-0.2, -0.15) is 0 Å². The van der Waals surface area contributed by atoms with Gasteiger partial charge in [0.15, 0.2) is 0 Å². The highest BCUT2D eigenvalue weighted by Gasteiger charge is 2.43. The number of aryl methyl sites for hydroxylation is 1. The summed E-state index contributed by atoms with van der Waals surface area (Å²) in [7, 11) is 0. The third kappa shape index (κ3) is 1.93. The number of rotatable bonds is 2. The first-order valence-electron chi connectivity index (χ1n) is 5.67. The van der Waals surface area contributed by atoms with Gasteiger partial charge in [0.05, 0.1) is 10.4 Å². The molecule has 2 nitrogen and oxygen atoms in total. The van der Waals surface area contributed by atoms with E-state index in [1.54, 1.807) is 13.0 Å². The fraction of sp³-hybridized carbons (Fsp3) is 0.462. The van der Waals surface area contributed by atoms with E-state index in [-0.39, 0.29) is 5.02 Å². The first-order valence-corrected chi connectivity index (χ1v) is 6.05. The molecule has 2 rings (SSSR count). The highest BCUT2D eigenvalue weighted by atomic mass is 35.5. The van der Waals surface area contributed by atoms with Crippen LogP contribution in [0, 0.1) is 12.7 Å². The number of benzene rings is 1. The van der Waals surface area contributed by atoms with Gasteiger partial charge >= 0.3 is 5.97 Å².